The summed E-state index contributed by atoms with van der Waals surface area (Å²) in [7, 11) is 0. The standard InChI is InChI=1S/C18H17FN2O/c1-18(2,3)14-9-7-12(8-10-14)16-20-21-17(22-16)13-5-4-6-15(19)11-13/h4-11H,1-3H3. The summed E-state index contributed by atoms with van der Waals surface area (Å²) in [6, 6.07) is 14.2. The van der Waals surface area contributed by atoms with E-state index in [2.05, 4.69) is 43.1 Å². The van der Waals surface area contributed by atoms with Crippen molar-refractivity contribution in [2.24, 2.45) is 0 Å². The van der Waals surface area contributed by atoms with Gasteiger partial charge in [-0.25, -0.2) is 4.39 Å². The summed E-state index contributed by atoms with van der Waals surface area (Å²) < 4.78 is 18.9. The minimum Gasteiger partial charge on any atom is -0.416 e. The Morgan fingerprint density at radius 3 is 2.09 bits per heavy atom. The SMILES string of the molecule is CC(C)(C)c1ccc(-c2nnc(-c3cccc(F)c3)o2)cc1. The van der Waals surface area contributed by atoms with Gasteiger partial charge < -0.3 is 4.42 Å². The van der Waals surface area contributed by atoms with Crippen LogP contribution in [0, 0.1) is 5.82 Å². The molecule has 0 fully saturated rings. The zero-order chi connectivity index (χ0) is 15.7. The summed E-state index contributed by atoms with van der Waals surface area (Å²) in [6.45, 7) is 6.49. The predicted octanol–water partition coefficient (Wildman–Crippen LogP) is 4.84. The maximum absolute atomic E-state index is 13.2. The highest BCUT2D eigenvalue weighted by atomic mass is 19.1. The van der Waals surface area contributed by atoms with Crippen LogP contribution in [0.4, 0.5) is 4.39 Å². The lowest BCUT2D eigenvalue weighted by atomic mass is 9.87. The minimum absolute atomic E-state index is 0.0973. The monoisotopic (exact) mass is 296 g/mol. The van der Waals surface area contributed by atoms with Crippen LogP contribution in [0.25, 0.3) is 22.9 Å². The van der Waals surface area contributed by atoms with Crippen LogP contribution >= 0.6 is 0 Å². The van der Waals surface area contributed by atoms with Crippen molar-refractivity contribution in [3.8, 4) is 22.9 Å². The average molecular weight is 296 g/mol. The van der Waals surface area contributed by atoms with Gasteiger partial charge in [-0.3, -0.25) is 0 Å². The van der Waals surface area contributed by atoms with Gasteiger partial charge in [0.15, 0.2) is 0 Å². The van der Waals surface area contributed by atoms with Crippen LogP contribution < -0.4 is 0 Å². The summed E-state index contributed by atoms with van der Waals surface area (Å²) in [4.78, 5) is 0. The van der Waals surface area contributed by atoms with E-state index < -0.39 is 0 Å². The fraction of sp³-hybridized carbons (Fsp3) is 0.222. The number of nitrogens with zero attached hydrogens (tertiary/aromatic N) is 2. The number of hydrogen-bond acceptors (Lipinski definition) is 3. The summed E-state index contributed by atoms with van der Waals surface area (Å²) in [5.74, 6) is 0.417. The Labute approximate surface area is 128 Å². The number of halogens is 1. The van der Waals surface area contributed by atoms with Crippen LogP contribution in [0.1, 0.15) is 26.3 Å². The molecule has 0 saturated heterocycles. The summed E-state index contributed by atoms with van der Waals surface area (Å²) in [6.07, 6.45) is 0. The van der Waals surface area contributed by atoms with Crippen LogP contribution in [0.3, 0.4) is 0 Å². The average Bonchev–Trinajstić information content (AvgIpc) is 2.96. The molecule has 3 rings (SSSR count). The topological polar surface area (TPSA) is 38.9 Å². The highest BCUT2D eigenvalue weighted by Gasteiger charge is 2.15. The molecular weight excluding hydrogens is 279 g/mol. The molecule has 0 atom stereocenters. The molecule has 0 aliphatic carbocycles. The Hall–Kier alpha value is -2.49. The molecule has 0 aliphatic heterocycles. The van der Waals surface area contributed by atoms with Crippen molar-refractivity contribution in [3.05, 3.63) is 59.9 Å². The number of aromatic nitrogens is 2. The third-order valence-electron chi connectivity index (χ3n) is 3.49. The molecule has 112 valence electrons. The van der Waals surface area contributed by atoms with Gasteiger partial charge >= 0.3 is 0 Å². The van der Waals surface area contributed by atoms with Gasteiger partial charge in [-0.2, -0.15) is 0 Å². The lowest BCUT2D eigenvalue weighted by molar-refractivity contribution is 0.580. The first-order valence-electron chi connectivity index (χ1n) is 7.14. The molecule has 0 radical (unpaired) electrons. The molecule has 0 unspecified atom stereocenters. The van der Waals surface area contributed by atoms with Crippen molar-refractivity contribution in [1.29, 1.82) is 0 Å². The number of rotatable bonds is 2. The molecule has 0 spiro atoms. The molecule has 1 heterocycles. The third kappa shape index (κ3) is 2.91. The van der Waals surface area contributed by atoms with Gasteiger partial charge in [0, 0.05) is 11.1 Å². The van der Waals surface area contributed by atoms with E-state index in [1.165, 1.54) is 17.7 Å². The first-order chi connectivity index (χ1) is 10.4. The molecule has 0 saturated carbocycles. The maximum atomic E-state index is 13.2. The second-order valence-electron chi connectivity index (χ2n) is 6.25. The lowest BCUT2D eigenvalue weighted by Crippen LogP contribution is -2.10. The number of benzene rings is 2. The fourth-order valence-electron chi connectivity index (χ4n) is 2.19. The fourth-order valence-corrected chi connectivity index (χ4v) is 2.19. The number of hydrogen-bond donors (Lipinski definition) is 0. The Morgan fingerprint density at radius 1 is 0.864 bits per heavy atom. The quantitative estimate of drug-likeness (QED) is 0.679. The second kappa shape index (κ2) is 5.37. The van der Waals surface area contributed by atoms with Gasteiger partial charge in [-0.05, 0) is 41.3 Å². The van der Waals surface area contributed by atoms with Crippen LogP contribution in [-0.2, 0) is 5.41 Å². The van der Waals surface area contributed by atoms with Crippen LogP contribution in [0.2, 0.25) is 0 Å². The van der Waals surface area contributed by atoms with E-state index in [0.29, 0.717) is 17.3 Å². The highest BCUT2D eigenvalue weighted by molar-refractivity contribution is 5.58. The smallest absolute Gasteiger partial charge is 0.248 e. The molecule has 4 heteroatoms. The predicted molar refractivity (Wildman–Crippen MR) is 83.8 cm³/mol. The highest BCUT2D eigenvalue weighted by Crippen LogP contribution is 2.27. The van der Waals surface area contributed by atoms with Crippen molar-refractivity contribution in [3.63, 3.8) is 0 Å². The Bertz CT molecular complexity index is 785. The van der Waals surface area contributed by atoms with Crippen molar-refractivity contribution in [2.45, 2.75) is 26.2 Å². The van der Waals surface area contributed by atoms with E-state index in [-0.39, 0.29) is 11.2 Å². The van der Waals surface area contributed by atoms with E-state index in [1.807, 2.05) is 12.1 Å². The van der Waals surface area contributed by atoms with E-state index in [0.717, 1.165) is 5.56 Å². The van der Waals surface area contributed by atoms with Crippen LogP contribution in [-0.4, -0.2) is 10.2 Å². The maximum Gasteiger partial charge on any atom is 0.248 e. The molecule has 1 aromatic heterocycles. The second-order valence-corrected chi connectivity index (χ2v) is 6.25. The van der Waals surface area contributed by atoms with Gasteiger partial charge in [-0.1, -0.05) is 39.0 Å². The van der Waals surface area contributed by atoms with Crippen molar-refractivity contribution in [2.75, 3.05) is 0 Å². The van der Waals surface area contributed by atoms with Gasteiger partial charge in [0.25, 0.3) is 0 Å². The Balaban J connectivity index is 1.91. The van der Waals surface area contributed by atoms with Crippen molar-refractivity contribution >= 4 is 0 Å². The van der Waals surface area contributed by atoms with E-state index >= 15 is 0 Å². The minimum atomic E-state index is -0.327. The first-order valence-corrected chi connectivity index (χ1v) is 7.14. The van der Waals surface area contributed by atoms with Crippen molar-refractivity contribution in [1.82, 2.24) is 10.2 Å². The Morgan fingerprint density at radius 2 is 1.50 bits per heavy atom. The largest absolute Gasteiger partial charge is 0.416 e. The molecule has 2 aromatic carbocycles. The molecule has 3 nitrogen and oxygen atoms in total. The van der Waals surface area contributed by atoms with Gasteiger partial charge in [0.2, 0.25) is 11.8 Å². The van der Waals surface area contributed by atoms with E-state index in [1.54, 1.807) is 12.1 Å². The Kier molecular flexibility index (Phi) is 3.53. The van der Waals surface area contributed by atoms with Gasteiger partial charge in [-0.15, -0.1) is 10.2 Å². The summed E-state index contributed by atoms with van der Waals surface area (Å²) in [5, 5.41) is 8.04. The van der Waals surface area contributed by atoms with Gasteiger partial charge in [0.05, 0.1) is 0 Å². The molecule has 22 heavy (non-hydrogen) atoms. The first kappa shape index (κ1) is 14.4. The molecule has 0 amide bonds. The summed E-state index contributed by atoms with van der Waals surface area (Å²) in [5.41, 5.74) is 2.76. The zero-order valence-corrected chi connectivity index (χ0v) is 12.8. The van der Waals surface area contributed by atoms with E-state index in [9.17, 15) is 4.39 Å². The zero-order valence-electron chi connectivity index (χ0n) is 12.8. The van der Waals surface area contributed by atoms with Crippen LogP contribution in [0.15, 0.2) is 52.9 Å². The molecule has 0 N–H and O–H groups in total. The normalized spacial score (nSPS) is 11.6. The molecule has 3 aromatic rings. The van der Waals surface area contributed by atoms with Crippen LogP contribution in [0.5, 0.6) is 0 Å². The van der Waals surface area contributed by atoms with Gasteiger partial charge in [0.1, 0.15) is 5.82 Å². The summed E-state index contributed by atoms with van der Waals surface area (Å²) >= 11 is 0. The van der Waals surface area contributed by atoms with E-state index in [4.69, 9.17) is 4.42 Å². The lowest BCUT2D eigenvalue weighted by Gasteiger charge is -2.18. The molecule has 0 bridgehead atoms. The third-order valence-corrected chi connectivity index (χ3v) is 3.49. The molecular formula is C18H17FN2O. The molecule has 0 aliphatic rings. The van der Waals surface area contributed by atoms with Crippen molar-refractivity contribution < 1.29 is 8.81 Å².